The van der Waals surface area contributed by atoms with Crippen molar-refractivity contribution in [1.82, 2.24) is 10.2 Å². The molecular formula is C9H13BrN4S. The Bertz CT molecular complexity index is 344. The molecule has 4 nitrogen and oxygen atoms in total. The van der Waals surface area contributed by atoms with Gasteiger partial charge in [-0.25, -0.2) is 0 Å². The largest absolute Gasteiger partial charge is 0.345 e. The summed E-state index contributed by atoms with van der Waals surface area (Å²) in [6, 6.07) is 2.15. The summed E-state index contributed by atoms with van der Waals surface area (Å²) in [4.78, 5) is 2.11. The quantitative estimate of drug-likeness (QED) is 0.836. The van der Waals surface area contributed by atoms with Gasteiger partial charge < -0.3 is 4.90 Å². The molecule has 0 fully saturated rings. The molecule has 0 spiro atoms. The maximum atomic E-state index is 8.58. The number of nitriles is 1. The van der Waals surface area contributed by atoms with Crippen molar-refractivity contribution in [3.63, 3.8) is 0 Å². The zero-order chi connectivity index (χ0) is 11.3. The van der Waals surface area contributed by atoms with Gasteiger partial charge in [-0.2, -0.15) is 5.26 Å². The fraction of sp³-hybridized carbons (Fsp3) is 0.667. The first kappa shape index (κ1) is 12.4. The van der Waals surface area contributed by atoms with Crippen LogP contribution in [-0.4, -0.2) is 23.3 Å². The van der Waals surface area contributed by atoms with Gasteiger partial charge in [0.15, 0.2) is 3.92 Å². The zero-order valence-corrected chi connectivity index (χ0v) is 11.2. The van der Waals surface area contributed by atoms with Crippen LogP contribution < -0.4 is 4.90 Å². The van der Waals surface area contributed by atoms with E-state index in [2.05, 4.69) is 50.9 Å². The van der Waals surface area contributed by atoms with Crippen molar-refractivity contribution < 1.29 is 0 Å². The summed E-state index contributed by atoms with van der Waals surface area (Å²) in [5.41, 5.74) is 0. The maximum absolute atomic E-state index is 8.58. The highest BCUT2D eigenvalue weighted by molar-refractivity contribution is 9.11. The van der Waals surface area contributed by atoms with E-state index in [4.69, 9.17) is 5.26 Å². The molecule has 0 aliphatic rings. The smallest absolute Gasteiger partial charge is 0.209 e. The van der Waals surface area contributed by atoms with Gasteiger partial charge >= 0.3 is 0 Å². The van der Waals surface area contributed by atoms with Gasteiger partial charge in [0.05, 0.1) is 12.5 Å². The van der Waals surface area contributed by atoms with Crippen molar-refractivity contribution >= 4 is 32.4 Å². The second kappa shape index (κ2) is 6.03. The van der Waals surface area contributed by atoms with Crippen molar-refractivity contribution in [1.29, 1.82) is 5.26 Å². The molecule has 1 aromatic heterocycles. The van der Waals surface area contributed by atoms with Crippen molar-refractivity contribution in [3.8, 4) is 6.07 Å². The lowest BCUT2D eigenvalue weighted by Gasteiger charge is -2.21. The van der Waals surface area contributed by atoms with Gasteiger partial charge in [0, 0.05) is 13.1 Å². The predicted molar refractivity (Wildman–Crippen MR) is 64.9 cm³/mol. The minimum Gasteiger partial charge on any atom is -0.345 e. The van der Waals surface area contributed by atoms with Crippen molar-refractivity contribution in [3.05, 3.63) is 3.92 Å². The van der Waals surface area contributed by atoms with Gasteiger partial charge in [0.1, 0.15) is 0 Å². The van der Waals surface area contributed by atoms with Crippen LogP contribution in [0.15, 0.2) is 3.92 Å². The van der Waals surface area contributed by atoms with E-state index in [0.29, 0.717) is 12.3 Å². The molecule has 0 radical (unpaired) electrons. The normalized spacial score (nSPS) is 10.3. The Labute approximate surface area is 102 Å². The molecule has 0 atom stereocenters. The third-order valence-corrected chi connectivity index (χ3v) is 3.16. The maximum Gasteiger partial charge on any atom is 0.209 e. The van der Waals surface area contributed by atoms with Crippen LogP contribution in [0, 0.1) is 17.2 Å². The predicted octanol–water partition coefficient (Wildman–Crippen LogP) is 2.68. The van der Waals surface area contributed by atoms with Crippen LogP contribution in [0.2, 0.25) is 0 Å². The zero-order valence-electron chi connectivity index (χ0n) is 8.77. The van der Waals surface area contributed by atoms with Crippen LogP contribution in [0.1, 0.15) is 20.3 Å². The number of aromatic nitrogens is 2. The number of hydrogen-bond donors (Lipinski definition) is 0. The van der Waals surface area contributed by atoms with E-state index in [1.807, 2.05) is 0 Å². The van der Waals surface area contributed by atoms with E-state index in [1.54, 1.807) is 0 Å². The molecule has 0 aromatic carbocycles. The Balaban J connectivity index is 2.67. The van der Waals surface area contributed by atoms with Crippen molar-refractivity contribution in [2.75, 3.05) is 18.0 Å². The van der Waals surface area contributed by atoms with E-state index in [0.717, 1.165) is 22.1 Å². The van der Waals surface area contributed by atoms with Crippen LogP contribution in [0.5, 0.6) is 0 Å². The number of rotatable bonds is 5. The highest BCUT2D eigenvalue weighted by Gasteiger charge is 2.12. The van der Waals surface area contributed by atoms with Gasteiger partial charge in [-0.3, -0.25) is 0 Å². The molecule has 0 saturated heterocycles. The topological polar surface area (TPSA) is 52.8 Å². The molecule has 0 aliphatic carbocycles. The fourth-order valence-corrected chi connectivity index (χ4v) is 2.34. The number of halogens is 1. The first-order valence-corrected chi connectivity index (χ1v) is 6.35. The van der Waals surface area contributed by atoms with E-state index in [1.165, 1.54) is 11.3 Å². The number of anilines is 1. The summed E-state index contributed by atoms with van der Waals surface area (Å²) in [5, 5.41) is 17.4. The molecule has 0 saturated carbocycles. The molecule has 0 aliphatic heterocycles. The third kappa shape index (κ3) is 4.14. The van der Waals surface area contributed by atoms with Crippen molar-refractivity contribution in [2.45, 2.75) is 20.3 Å². The molecule has 1 aromatic rings. The first-order valence-electron chi connectivity index (χ1n) is 4.74. The Kier molecular flexibility index (Phi) is 4.99. The molecule has 6 heteroatoms. The van der Waals surface area contributed by atoms with E-state index in [9.17, 15) is 0 Å². The van der Waals surface area contributed by atoms with Crippen LogP contribution in [-0.2, 0) is 0 Å². The Hall–Kier alpha value is -0.670. The average molecular weight is 289 g/mol. The van der Waals surface area contributed by atoms with Gasteiger partial charge in [0.2, 0.25) is 5.13 Å². The minimum absolute atomic E-state index is 0.518. The molecule has 0 bridgehead atoms. The van der Waals surface area contributed by atoms with Gasteiger partial charge in [-0.1, -0.05) is 25.2 Å². The van der Waals surface area contributed by atoms with E-state index < -0.39 is 0 Å². The van der Waals surface area contributed by atoms with E-state index in [-0.39, 0.29) is 0 Å². The fourth-order valence-electron chi connectivity index (χ4n) is 1.22. The monoisotopic (exact) mass is 288 g/mol. The SMILES string of the molecule is CC(C)CN(CCC#N)c1nnc(Br)s1. The first-order chi connectivity index (χ1) is 7.13. The van der Waals surface area contributed by atoms with Crippen LogP contribution in [0.3, 0.4) is 0 Å². The van der Waals surface area contributed by atoms with Crippen LogP contribution in [0.25, 0.3) is 0 Å². The van der Waals surface area contributed by atoms with E-state index >= 15 is 0 Å². The summed E-state index contributed by atoms with van der Waals surface area (Å²) in [5.74, 6) is 0.548. The van der Waals surface area contributed by atoms with Crippen molar-refractivity contribution in [2.24, 2.45) is 5.92 Å². The summed E-state index contributed by atoms with van der Waals surface area (Å²) in [7, 11) is 0. The van der Waals surface area contributed by atoms with Gasteiger partial charge in [0.25, 0.3) is 0 Å². The molecule has 0 unspecified atom stereocenters. The lowest BCUT2D eigenvalue weighted by atomic mass is 10.2. The average Bonchev–Trinajstić information content (AvgIpc) is 2.58. The lowest BCUT2D eigenvalue weighted by molar-refractivity contribution is 0.609. The lowest BCUT2D eigenvalue weighted by Crippen LogP contribution is -2.28. The highest BCUT2D eigenvalue weighted by atomic mass is 79.9. The summed E-state index contributed by atoms with van der Waals surface area (Å²) in [6.45, 7) is 5.92. The molecule has 82 valence electrons. The Morgan fingerprint density at radius 1 is 1.53 bits per heavy atom. The summed E-state index contributed by atoms with van der Waals surface area (Å²) < 4.78 is 0.781. The molecule has 15 heavy (non-hydrogen) atoms. The molecule has 1 heterocycles. The van der Waals surface area contributed by atoms with Gasteiger partial charge in [-0.15, -0.1) is 10.2 Å². The van der Waals surface area contributed by atoms with Crippen LogP contribution >= 0.6 is 27.3 Å². The minimum atomic E-state index is 0.518. The second-order valence-corrected chi connectivity index (χ2v) is 5.82. The summed E-state index contributed by atoms with van der Waals surface area (Å²) in [6.07, 6.45) is 0.518. The molecule has 1 rings (SSSR count). The third-order valence-electron chi connectivity index (χ3n) is 1.74. The highest BCUT2D eigenvalue weighted by Crippen LogP contribution is 2.24. The summed E-state index contributed by atoms with van der Waals surface area (Å²) >= 11 is 4.79. The Morgan fingerprint density at radius 2 is 2.27 bits per heavy atom. The van der Waals surface area contributed by atoms with Crippen LogP contribution in [0.4, 0.5) is 5.13 Å². The molecule has 0 N–H and O–H groups in total. The van der Waals surface area contributed by atoms with Gasteiger partial charge in [-0.05, 0) is 21.8 Å². The number of nitrogens with zero attached hydrogens (tertiary/aromatic N) is 4. The number of hydrogen-bond acceptors (Lipinski definition) is 5. The molecular weight excluding hydrogens is 276 g/mol. The standard InChI is InChI=1S/C9H13BrN4S/c1-7(2)6-14(5-3-4-11)9-13-12-8(10)15-9/h7H,3,5-6H2,1-2H3. The Morgan fingerprint density at radius 3 is 2.73 bits per heavy atom. The second-order valence-electron chi connectivity index (χ2n) is 3.59. The molecule has 0 amide bonds.